The van der Waals surface area contributed by atoms with Crippen LogP contribution in [0.1, 0.15) is 52.1 Å². The van der Waals surface area contributed by atoms with Crippen molar-refractivity contribution in [2.75, 3.05) is 13.1 Å². The van der Waals surface area contributed by atoms with Crippen molar-refractivity contribution in [3.8, 4) is 0 Å². The van der Waals surface area contributed by atoms with Gasteiger partial charge in [0.1, 0.15) is 0 Å². The minimum absolute atomic E-state index is 0.431. The van der Waals surface area contributed by atoms with Crippen molar-refractivity contribution in [1.82, 2.24) is 15.1 Å². The minimum Gasteiger partial charge on any atom is -0.313 e. The summed E-state index contributed by atoms with van der Waals surface area (Å²) in [6.45, 7) is 10.7. The highest BCUT2D eigenvalue weighted by Crippen LogP contribution is 2.11. The van der Waals surface area contributed by atoms with Crippen molar-refractivity contribution in [1.29, 1.82) is 0 Å². The molecule has 0 saturated heterocycles. The van der Waals surface area contributed by atoms with Gasteiger partial charge in [0, 0.05) is 24.3 Å². The molecule has 96 valence electrons. The average molecular weight is 235 g/mol. The van der Waals surface area contributed by atoms with E-state index in [0.29, 0.717) is 6.04 Å². The first-order valence-electron chi connectivity index (χ1n) is 6.61. The zero-order valence-electron chi connectivity index (χ0n) is 11.5. The molecule has 0 spiro atoms. The predicted molar refractivity (Wildman–Crippen MR) is 74.0 cm³/mol. The minimum atomic E-state index is 0.431. The zero-order valence-corrected chi connectivity index (χ0v) is 11.5. The van der Waals surface area contributed by atoms with Crippen LogP contribution in [0.4, 0.5) is 0 Å². The molecule has 1 rings (SSSR count). The number of hydrogen-bond donors (Lipinski definition) is 1. The molecule has 0 unspecified atom stereocenters. The monoisotopic (exact) mass is 235 g/mol. The Morgan fingerprint density at radius 2 is 2.24 bits per heavy atom. The molecule has 0 fully saturated rings. The van der Waals surface area contributed by atoms with Crippen molar-refractivity contribution >= 4 is 6.08 Å². The molecule has 3 heteroatoms. The summed E-state index contributed by atoms with van der Waals surface area (Å²) in [4.78, 5) is 0. The van der Waals surface area contributed by atoms with Gasteiger partial charge in [0.15, 0.2) is 0 Å². The molecule has 0 amide bonds. The van der Waals surface area contributed by atoms with Crippen LogP contribution < -0.4 is 5.32 Å². The van der Waals surface area contributed by atoms with E-state index in [2.05, 4.69) is 50.4 Å². The van der Waals surface area contributed by atoms with Gasteiger partial charge in [-0.25, -0.2) is 0 Å². The van der Waals surface area contributed by atoms with Crippen molar-refractivity contribution in [2.24, 2.45) is 0 Å². The average Bonchev–Trinajstić information content (AvgIpc) is 2.76. The fourth-order valence-corrected chi connectivity index (χ4v) is 1.65. The van der Waals surface area contributed by atoms with Crippen molar-refractivity contribution < 1.29 is 0 Å². The van der Waals surface area contributed by atoms with Crippen LogP contribution >= 0.6 is 0 Å². The van der Waals surface area contributed by atoms with E-state index < -0.39 is 0 Å². The first-order valence-corrected chi connectivity index (χ1v) is 6.61. The fourth-order valence-electron chi connectivity index (χ4n) is 1.65. The van der Waals surface area contributed by atoms with Crippen LogP contribution in [-0.2, 0) is 0 Å². The normalized spacial score (nSPS) is 12.4. The maximum absolute atomic E-state index is 4.35. The van der Waals surface area contributed by atoms with Gasteiger partial charge in [-0.05, 0) is 33.2 Å². The second kappa shape index (κ2) is 7.28. The summed E-state index contributed by atoms with van der Waals surface area (Å²) in [5, 5.41) is 7.79. The molecule has 17 heavy (non-hydrogen) atoms. The molecule has 0 aliphatic heterocycles. The fraction of sp³-hybridized carbons (Fsp3) is 0.643. The Morgan fingerprint density at radius 3 is 2.76 bits per heavy atom. The van der Waals surface area contributed by atoms with E-state index in [1.54, 1.807) is 0 Å². The van der Waals surface area contributed by atoms with Crippen LogP contribution in [-0.4, -0.2) is 22.9 Å². The molecule has 0 aromatic carbocycles. The Balaban J connectivity index is 2.62. The molecule has 1 heterocycles. The van der Waals surface area contributed by atoms with E-state index in [9.17, 15) is 0 Å². The molecular weight excluding hydrogens is 210 g/mol. The molecule has 0 saturated carbocycles. The molecular formula is C14H25N3. The Bertz CT molecular complexity index is 350. The van der Waals surface area contributed by atoms with Crippen molar-refractivity contribution in [3.05, 3.63) is 23.5 Å². The van der Waals surface area contributed by atoms with Gasteiger partial charge in [-0.2, -0.15) is 5.10 Å². The lowest BCUT2D eigenvalue weighted by Crippen LogP contribution is -2.17. The van der Waals surface area contributed by atoms with Crippen molar-refractivity contribution in [2.45, 2.75) is 46.6 Å². The van der Waals surface area contributed by atoms with E-state index in [1.165, 1.54) is 17.6 Å². The lowest BCUT2D eigenvalue weighted by atomic mass is 10.1. The Hall–Kier alpha value is -1.09. The molecule has 0 bridgehead atoms. The van der Waals surface area contributed by atoms with E-state index in [-0.39, 0.29) is 0 Å². The molecule has 1 aromatic rings. The van der Waals surface area contributed by atoms with Gasteiger partial charge in [0.25, 0.3) is 0 Å². The molecule has 3 nitrogen and oxygen atoms in total. The third kappa shape index (κ3) is 4.73. The number of rotatable bonds is 7. The van der Waals surface area contributed by atoms with Crippen LogP contribution in [0.3, 0.4) is 0 Å². The summed E-state index contributed by atoms with van der Waals surface area (Å²) in [5.41, 5.74) is 2.63. The van der Waals surface area contributed by atoms with Gasteiger partial charge in [0.05, 0.1) is 6.20 Å². The number of nitrogens with one attached hydrogen (secondary N) is 1. The van der Waals surface area contributed by atoms with Gasteiger partial charge in [-0.15, -0.1) is 0 Å². The molecule has 0 aliphatic carbocycles. The number of nitrogens with zero attached hydrogens (tertiary/aromatic N) is 2. The smallest absolute Gasteiger partial charge is 0.0562 e. The van der Waals surface area contributed by atoms with Gasteiger partial charge in [-0.1, -0.05) is 25.5 Å². The maximum atomic E-state index is 4.35. The Kier molecular flexibility index (Phi) is 5.98. The Morgan fingerprint density at radius 1 is 1.47 bits per heavy atom. The van der Waals surface area contributed by atoms with Gasteiger partial charge in [-0.3, -0.25) is 4.68 Å². The first kappa shape index (κ1) is 14.0. The van der Waals surface area contributed by atoms with Crippen LogP contribution in [0.5, 0.6) is 0 Å². The summed E-state index contributed by atoms with van der Waals surface area (Å²) >= 11 is 0. The van der Waals surface area contributed by atoms with Gasteiger partial charge >= 0.3 is 0 Å². The highest BCUT2D eigenvalue weighted by atomic mass is 15.3. The highest BCUT2D eigenvalue weighted by molar-refractivity contribution is 5.51. The van der Waals surface area contributed by atoms with Crippen LogP contribution in [0, 0.1) is 0 Å². The van der Waals surface area contributed by atoms with Crippen molar-refractivity contribution in [3.63, 3.8) is 0 Å². The molecule has 1 aromatic heterocycles. The SMILES string of the molecule is CCCNCC(=Cc1cnn(C(C)C)c1)CC. The largest absolute Gasteiger partial charge is 0.313 e. The van der Waals surface area contributed by atoms with Crippen LogP contribution in [0.25, 0.3) is 6.08 Å². The molecule has 0 aliphatic rings. The summed E-state index contributed by atoms with van der Waals surface area (Å²) in [7, 11) is 0. The Labute approximate surface area is 105 Å². The lowest BCUT2D eigenvalue weighted by Gasteiger charge is -2.05. The second-order valence-corrected chi connectivity index (χ2v) is 4.68. The van der Waals surface area contributed by atoms with E-state index in [0.717, 1.165) is 19.5 Å². The summed E-state index contributed by atoms with van der Waals surface area (Å²) in [6.07, 6.45) is 8.57. The standard InChI is InChI=1S/C14H25N3/c1-5-7-15-9-13(6-2)8-14-10-16-17(11-14)12(3)4/h8,10-12,15H,5-7,9H2,1-4H3. The van der Waals surface area contributed by atoms with Crippen LogP contribution in [0.2, 0.25) is 0 Å². The van der Waals surface area contributed by atoms with Gasteiger partial charge < -0.3 is 5.32 Å². The van der Waals surface area contributed by atoms with E-state index in [4.69, 9.17) is 0 Å². The summed E-state index contributed by atoms with van der Waals surface area (Å²) < 4.78 is 2.00. The zero-order chi connectivity index (χ0) is 12.7. The topological polar surface area (TPSA) is 29.9 Å². The third-order valence-electron chi connectivity index (χ3n) is 2.75. The van der Waals surface area contributed by atoms with E-state index >= 15 is 0 Å². The predicted octanol–water partition coefficient (Wildman–Crippen LogP) is 3.26. The van der Waals surface area contributed by atoms with E-state index in [1.807, 2.05) is 10.9 Å². The highest BCUT2D eigenvalue weighted by Gasteiger charge is 2.01. The quantitative estimate of drug-likeness (QED) is 0.735. The van der Waals surface area contributed by atoms with Crippen LogP contribution in [0.15, 0.2) is 18.0 Å². The molecule has 0 radical (unpaired) electrons. The maximum Gasteiger partial charge on any atom is 0.0562 e. The third-order valence-corrected chi connectivity index (χ3v) is 2.75. The summed E-state index contributed by atoms with van der Waals surface area (Å²) in [5.74, 6) is 0. The second-order valence-electron chi connectivity index (χ2n) is 4.68. The lowest BCUT2D eigenvalue weighted by molar-refractivity contribution is 0.532. The molecule has 0 atom stereocenters. The number of hydrogen-bond acceptors (Lipinski definition) is 2. The first-order chi connectivity index (χ1) is 8.17. The number of aromatic nitrogens is 2. The summed E-state index contributed by atoms with van der Waals surface area (Å²) in [6, 6.07) is 0.431. The van der Waals surface area contributed by atoms with Gasteiger partial charge in [0.2, 0.25) is 0 Å². The molecule has 1 N–H and O–H groups in total.